The number of ether oxygens (including phenoxy) is 3. The Balaban J connectivity index is 0.000000171. The van der Waals surface area contributed by atoms with Gasteiger partial charge in [0.05, 0.1) is 33.0 Å². The van der Waals surface area contributed by atoms with E-state index in [-0.39, 0.29) is 11.9 Å². The van der Waals surface area contributed by atoms with Crippen LogP contribution in [-0.4, -0.2) is 101 Å². The number of hydrogen-bond donors (Lipinski definition) is 1. The van der Waals surface area contributed by atoms with Crippen molar-refractivity contribution in [1.29, 1.82) is 0 Å². The van der Waals surface area contributed by atoms with Crippen molar-refractivity contribution >= 4 is 46.4 Å². The van der Waals surface area contributed by atoms with Gasteiger partial charge in [-0.2, -0.15) is 9.97 Å². The molecule has 15 heteroatoms. The van der Waals surface area contributed by atoms with Crippen LogP contribution in [0.5, 0.6) is 6.01 Å². The zero-order valence-electron chi connectivity index (χ0n) is 24.6. The second-order valence-electron chi connectivity index (χ2n) is 9.56. The maximum absolute atomic E-state index is 8.48. The zero-order valence-corrected chi connectivity index (χ0v) is 26.9. The number of nitrogens with zero attached hydrogens (tertiary/aromatic N) is 8. The van der Waals surface area contributed by atoms with Gasteiger partial charge in [0, 0.05) is 81.5 Å². The first-order chi connectivity index (χ1) is 22.0. The van der Waals surface area contributed by atoms with Crippen LogP contribution >= 0.6 is 34.8 Å². The highest BCUT2D eigenvalue weighted by Crippen LogP contribution is 2.21. The van der Waals surface area contributed by atoms with E-state index in [0.717, 1.165) is 49.2 Å². The Labute approximate surface area is 277 Å². The monoisotopic (exact) mass is 676 g/mol. The Morgan fingerprint density at radius 3 is 1.73 bits per heavy atom. The predicted molar refractivity (Wildman–Crippen MR) is 174 cm³/mol. The molecule has 2 fully saturated rings. The van der Waals surface area contributed by atoms with Gasteiger partial charge in [0.1, 0.15) is 21.9 Å². The van der Waals surface area contributed by atoms with Crippen molar-refractivity contribution in [1.82, 2.24) is 29.9 Å². The highest BCUT2D eigenvalue weighted by Gasteiger charge is 2.16. The molecule has 6 heterocycles. The highest BCUT2D eigenvalue weighted by atomic mass is 35.5. The van der Waals surface area contributed by atoms with Gasteiger partial charge in [0.2, 0.25) is 5.28 Å². The summed E-state index contributed by atoms with van der Waals surface area (Å²) in [6.07, 6.45) is 4.84. The van der Waals surface area contributed by atoms with Crippen molar-refractivity contribution in [2.45, 2.75) is 12.8 Å². The fraction of sp³-hybridized carbons (Fsp3) is 0.400. The van der Waals surface area contributed by atoms with Crippen molar-refractivity contribution in [3.8, 4) is 6.01 Å². The first-order valence-electron chi connectivity index (χ1n) is 14.4. The number of pyridine rings is 2. The summed E-state index contributed by atoms with van der Waals surface area (Å²) in [6.45, 7) is 6.64. The minimum Gasteiger partial charge on any atom is -0.463 e. The van der Waals surface area contributed by atoms with Gasteiger partial charge in [-0.3, -0.25) is 9.97 Å². The molecule has 4 aromatic heterocycles. The molecule has 0 radical (unpaired) electrons. The van der Waals surface area contributed by atoms with Crippen LogP contribution in [0.1, 0.15) is 11.4 Å². The Bertz CT molecular complexity index is 1400. The lowest BCUT2D eigenvalue weighted by Gasteiger charge is -2.27. The van der Waals surface area contributed by atoms with Crippen LogP contribution in [-0.2, 0) is 22.3 Å². The fourth-order valence-electron chi connectivity index (χ4n) is 4.19. The number of rotatable bonds is 8. The molecule has 0 aromatic carbocycles. The average Bonchev–Trinajstić information content (AvgIpc) is 3.07. The van der Waals surface area contributed by atoms with E-state index in [1.165, 1.54) is 0 Å². The standard InChI is InChI=1S/C15H17ClN4O2.C8H9Cl2N3O.C7H9NO/c16-13-11-14(20-6-9-21-10-7-20)19-15(18-13)22-8-4-12-3-1-2-5-17-12;9-6-5-7(12-8(10)11-6)13-1-3-14-4-2-13;9-6-4-7-3-1-2-5-8-7/h1-3,5,11H,4,6-10H2;5H,1-4H2;1-3,5,9H,4,6H2. The van der Waals surface area contributed by atoms with Gasteiger partial charge >= 0.3 is 6.01 Å². The number of hydrogen-bond acceptors (Lipinski definition) is 12. The van der Waals surface area contributed by atoms with Crippen LogP contribution in [0.3, 0.4) is 0 Å². The lowest BCUT2D eigenvalue weighted by molar-refractivity contribution is 0.122. The molecule has 0 atom stereocenters. The van der Waals surface area contributed by atoms with Gasteiger partial charge in [-0.1, -0.05) is 35.3 Å². The zero-order chi connectivity index (χ0) is 31.7. The lowest BCUT2D eigenvalue weighted by atomic mass is 10.3. The van der Waals surface area contributed by atoms with Gasteiger partial charge in [0.25, 0.3) is 0 Å². The minimum absolute atomic E-state index is 0.178. The summed E-state index contributed by atoms with van der Waals surface area (Å²) in [5.41, 5.74) is 1.91. The van der Waals surface area contributed by atoms with E-state index in [1.54, 1.807) is 24.5 Å². The summed E-state index contributed by atoms with van der Waals surface area (Å²) < 4.78 is 16.2. The smallest absolute Gasteiger partial charge is 0.319 e. The van der Waals surface area contributed by atoms with Gasteiger partial charge in [-0.25, -0.2) is 9.97 Å². The Morgan fingerprint density at radius 1 is 0.689 bits per heavy atom. The van der Waals surface area contributed by atoms with Crippen molar-refractivity contribution in [2.24, 2.45) is 0 Å². The summed E-state index contributed by atoms with van der Waals surface area (Å²) in [7, 11) is 0. The van der Waals surface area contributed by atoms with Crippen molar-refractivity contribution < 1.29 is 19.3 Å². The van der Waals surface area contributed by atoms with E-state index < -0.39 is 0 Å². The molecule has 2 aliphatic heterocycles. The van der Waals surface area contributed by atoms with Gasteiger partial charge in [-0.05, 0) is 35.9 Å². The quantitative estimate of drug-likeness (QED) is 0.212. The summed E-state index contributed by atoms with van der Waals surface area (Å²) in [5, 5.41) is 9.41. The second kappa shape index (κ2) is 19.2. The van der Waals surface area contributed by atoms with E-state index in [0.29, 0.717) is 62.2 Å². The first-order valence-corrected chi connectivity index (χ1v) is 15.6. The largest absolute Gasteiger partial charge is 0.463 e. The fourth-order valence-corrected chi connectivity index (χ4v) is 4.76. The van der Waals surface area contributed by atoms with E-state index in [4.69, 9.17) is 54.1 Å². The van der Waals surface area contributed by atoms with Crippen molar-refractivity contribution in [2.75, 3.05) is 75.6 Å². The van der Waals surface area contributed by atoms with Crippen molar-refractivity contribution in [3.63, 3.8) is 0 Å². The first kappa shape index (κ1) is 34.5. The minimum atomic E-state index is 0.178. The van der Waals surface area contributed by atoms with Crippen LogP contribution in [0.4, 0.5) is 11.6 Å². The molecular weight excluding hydrogens is 643 g/mol. The molecule has 240 valence electrons. The molecule has 45 heavy (non-hydrogen) atoms. The third-order valence-electron chi connectivity index (χ3n) is 6.39. The lowest BCUT2D eigenvalue weighted by Crippen LogP contribution is -2.36. The third kappa shape index (κ3) is 12.5. The van der Waals surface area contributed by atoms with Gasteiger partial charge in [0.15, 0.2) is 0 Å². The summed E-state index contributed by atoms with van der Waals surface area (Å²) in [6, 6.07) is 15.2. The SMILES string of the molecule is Clc1cc(N2CCOCC2)nc(Cl)n1.Clc1cc(N2CCOCC2)nc(OCCc2ccccn2)n1.OCCc1ccccn1. The van der Waals surface area contributed by atoms with Crippen LogP contribution in [0.15, 0.2) is 60.9 Å². The molecular formula is C30H35Cl3N8O4. The number of halogens is 3. The molecule has 0 amide bonds. The van der Waals surface area contributed by atoms with Crippen LogP contribution in [0.25, 0.3) is 0 Å². The van der Waals surface area contributed by atoms with Gasteiger partial charge < -0.3 is 29.1 Å². The van der Waals surface area contributed by atoms with Crippen LogP contribution in [0.2, 0.25) is 15.6 Å². The molecule has 2 saturated heterocycles. The van der Waals surface area contributed by atoms with E-state index in [9.17, 15) is 0 Å². The Morgan fingerprint density at radius 2 is 1.22 bits per heavy atom. The van der Waals surface area contributed by atoms with E-state index >= 15 is 0 Å². The maximum atomic E-state index is 8.48. The Hall–Kier alpha value is -3.39. The van der Waals surface area contributed by atoms with Crippen LogP contribution < -0.4 is 14.5 Å². The predicted octanol–water partition coefficient (Wildman–Crippen LogP) is 4.22. The molecule has 0 saturated carbocycles. The molecule has 4 aromatic rings. The molecule has 1 N–H and O–H groups in total. The summed E-state index contributed by atoms with van der Waals surface area (Å²) >= 11 is 17.5. The van der Waals surface area contributed by atoms with E-state index in [1.807, 2.05) is 36.4 Å². The van der Waals surface area contributed by atoms with Crippen LogP contribution in [0, 0.1) is 0 Å². The van der Waals surface area contributed by atoms with Crippen molar-refractivity contribution in [3.05, 3.63) is 87.9 Å². The number of morpholine rings is 2. The molecule has 12 nitrogen and oxygen atoms in total. The second-order valence-corrected chi connectivity index (χ2v) is 10.7. The molecule has 0 bridgehead atoms. The number of aliphatic hydroxyl groups is 1. The third-order valence-corrected chi connectivity index (χ3v) is 6.95. The molecule has 2 aliphatic rings. The Kier molecular flexibility index (Phi) is 14.7. The summed E-state index contributed by atoms with van der Waals surface area (Å²) in [5.74, 6) is 1.54. The topological polar surface area (TPSA) is 132 Å². The molecule has 6 rings (SSSR count). The molecule has 0 unspecified atom stereocenters. The number of anilines is 2. The number of aliphatic hydroxyl groups excluding tert-OH is 1. The number of aromatic nitrogens is 6. The summed E-state index contributed by atoms with van der Waals surface area (Å²) in [4.78, 5) is 28.9. The normalized spacial score (nSPS) is 14.5. The van der Waals surface area contributed by atoms with Gasteiger partial charge in [-0.15, -0.1) is 0 Å². The maximum Gasteiger partial charge on any atom is 0.319 e. The molecule has 0 aliphatic carbocycles. The van der Waals surface area contributed by atoms with E-state index in [2.05, 4.69) is 39.7 Å². The average molecular weight is 678 g/mol. The molecule has 0 spiro atoms. The highest BCUT2D eigenvalue weighted by molar-refractivity contribution is 6.32.